The van der Waals surface area contributed by atoms with E-state index in [9.17, 15) is 8.42 Å². The van der Waals surface area contributed by atoms with Crippen molar-refractivity contribution in [1.29, 1.82) is 0 Å². The van der Waals surface area contributed by atoms with E-state index in [0.29, 0.717) is 13.1 Å². The second kappa shape index (κ2) is 5.30. The first-order valence-electron chi connectivity index (χ1n) is 6.83. The third-order valence-corrected chi connectivity index (χ3v) is 5.51. The summed E-state index contributed by atoms with van der Waals surface area (Å²) in [5.41, 5.74) is 2.25. The maximum atomic E-state index is 12.5. The monoisotopic (exact) mass is 294 g/mol. The Morgan fingerprint density at radius 1 is 1.25 bits per heavy atom. The van der Waals surface area contributed by atoms with Crippen LogP contribution in [-0.4, -0.2) is 30.8 Å². The Labute approximate surface area is 121 Å². The van der Waals surface area contributed by atoms with E-state index in [4.69, 9.17) is 0 Å². The molecule has 1 aliphatic heterocycles. The molecule has 0 aliphatic carbocycles. The summed E-state index contributed by atoms with van der Waals surface area (Å²) in [6.45, 7) is 9.31. The Morgan fingerprint density at radius 3 is 2.40 bits per heavy atom. The van der Waals surface area contributed by atoms with Gasteiger partial charge in [-0.15, -0.1) is 0 Å². The van der Waals surface area contributed by atoms with Crippen LogP contribution in [0.5, 0.6) is 0 Å². The molecule has 2 rings (SSSR count). The normalized spacial score (nSPS) is 17.9. The van der Waals surface area contributed by atoms with Crippen LogP contribution in [-0.2, 0) is 10.0 Å². The molecular weight excluding hydrogens is 272 g/mol. The number of hydrogen-bond acceptors (Lipinski definition) is 3. The number of rotatable bonds is 2. The van der Waals surface area contributed by atoms with Crippen LogP contribution in [0.25, 0.3) is 0 Å². The summed E-state index contributed by atoms with van der Waals surface area (Å²) >= 11 is 0. The van der Waals surface area contributed by atoms with Gasteiger partial charge in [0.15, 0.2) is 0 Å². The van der Waals surface area contributed by atoms with Crippen LogP contribution in [0.2, 0.25) is 0 Å². The SMILES string of the molecule is Cc1ccc(S(=O)(=O)N2CC=C(C(C)(C)C)CC2)cn1. The van der Waals surface area contributed by atoms with Gasteiger partial charge < -0.3 is 0 Å². The highest BCUT2D eigenvalue weighted by Crippen LogP contribution is 2.31. The Balaban J connectivity index is 2.21. The molecule has 1 aliphatic rings. The second-order valence-corrected chi connectivity index (χ2v) is 8.17. The van der Waals surface area contributed by atoms with Crippen molar-refractivity contribution in [3.63, 3.8) is 0 Å². The van der Waals surface area contributed by atoms with E-state index in [-0.39, 0.29) is 10.3 Å². The van der Waals surface area contributed by atoms with Crippen molar-refractivity contribution >= 4 is 10.0 Å². The van der Waals surface area contributed by atoms with Gasteiger partial charge in [0, 0.05) is 25.0 Å². The quantitative estimate of drug-likeness (QED) is 0.788. The van der Waals surface area contributed by atoms with Gasteiger partial charge in [-0.2, -0.15) is 4.31 Å². The van der Waals surface area contributed by atoms with E-state index in [1.807, 2.05) is 13.0 Å². The van der Waals surface area contributed by atoms with Gasteiger partial charge in [0.25, 0.3) is 0 Å². The molecule has 0 N–H and O–H groups in total. The van der Waals surface area contributed by atoms with E-state index in [0.717, 1.165) is 12.1 Å². The van der Waals surface area contributed by atoms with E-state index in [2.05, 4.69) is 25.8 Å². The molecule has 110 valence electrons. The summed E-state index contributed by atoms with van der Waals surface area (Å²) in [5, 5.41) is 0. The van der Waals surface area contributed by atoms with Crippen LogP contribution < -0.4 is 0 Å². The average molecular weight is 294 g/mol. The van der Waals surface area contributed by atoms with Crippen molar-refractivity contribution in [1.82, 2.24) is 9.29 Å². The smallest absolute Gasteiger partial charge is 0.244 e. The summed E-state index contributed by atoms with van der Waals surface area (Å²) in [7, 11) is -3.42. The molecule has 0 radical (unpaired) electrons. The zero-order chi connectivity index (χ0) is 15.0. The Hall–Kier alpha value is -1.20. The lowest BCUT2D eigenvalue weighted by atomic mass is 9.83. The second-order valence-electron chi connectivity index (χ2n) is 6.23. The molecule has 0 bridgehead atoms. The zero-order valence-electron chi connectivity index (χ0n) is 12.5. The zero-order valence-corrected chi connectivity index (χ0v) is 13.4. The maximum Gasteiger partial charge on any atom is 0.244 e. The lowest BCUT2D eigenvalue weighted by Crippen LogP contribution is -2.36. The molecule has 1 aromatic rings. The van der Waals surface area contributed by atoms with Crippen molar-refractivity contribution < 1.29 is 8.42 Å². The minimum Gasteiger partial charge on any atom is -0.260 e. The molecule has 0 amide bonds. The van der Waals surface area contributed by atoms with Crippen molar-refractivity contribution in [2.24, 2.45) is 5.41 Å². The number of sulfonamides is 1. The predicted octanol–water partition coefficient (Wildman–Crippen LogP) is 2.76. The molecule has 4 nitrogen and oxygen atoms in total. The van der Waals surface area contributed by atoms with Gasteiger partial charge in [0.1, 0.15) is 4.90 Å². The summed E-state index contributed by atoms with van der Waals surface area (Å²) in [5.74, 6) is 0. The molecular formula is C15H22N2O2S. The van der Waals surface area contributed by atoms with Crippen molar-refractivity contribution in [2.45, 2.75) is 39.0 Å². The van der Waals surface area contributed by atoms with Gasteiger partial charge in [-0.3, -0.25) is 4.98 Å². The van der Waals surface area contributed by atoms with Gasteiger partial charge in [-0.05, 0) is 30.9 Å². The van der Waals surface area contributed by atoms with Crippen LogP contribution in [0, 0.1) is 12.3 Å². The minimum absolute atomic E-state index is 0.112. The third kappa shape index (κ3) is 3.10. The molecule has 1 aromatic heterocycles. The fourth-order valence-corrected chi connectivity index (χ4v) is 3.63. The van der Waals surface area contributed by atoms with Crippen LogP contribution in [0.3, 0.4) is 0 Å². The summed E-state index contributed by atoms with van der Waals surface area (Å²) in [6.07, 6.45) is 4.28. The first-order chi connectivity index (χ1) is 9.21. The largest absolute Gasteiger partial charge is 0.260 e. The van der Waals surface area contributed by atoms with Gasteiger partial charge in [0.05, 0.1) is 0 Å². The van der Waals surface area contributed by atoms with Crippen molar-refractivity contribution in [2.75, 3.05) is 13.1 Å². The van der Waals surface area contributed by atoms with E-state index in [1.54, 1.807) is 12.1 Å². The van der Waals surface area contributed by atoms with Gasteiger partial charge in [-0.1, -0.05) is 32.4 Å². The van der Waals surface area contributed by atoms with E-state index < -0.39 is 10.0 Å². The van der Waals surface area contributed by atoms with Crippen LogP contribution >= 0.6 is 0 Å². The Kier molecular flexibility index (Phi) is 4.02. The minimum atomic E-state index is -3.42. The molecule has 0 fully saturated rings. The van der Waals surface area contributed by atoms with E-state index in [1.165, 1.54) is 16.1 Å². The molecule has 0 saturated heterocycles. The number of nitrogens with zero attached hydrogens (tertiary/aromatic N) is 2. The highest BCUT2D eigenvalue weighted by atomic mass is 32.2. The number of aromatic nitrogens is 1. The lowest BCUT2D eigenvalue weighted by molar-refractivity contribution is 0.389. The van der Waals surface area contributed by atoms with Crippen LogP contribution in [0.15, 0.2) is 34.9 Å². The first kappa shape index (κ1) is 15.2. The summed E-state index contributed by atoms with van der Waals surface area (Å²) in [4.78, 5) is 4.35. The first-order valence-corrected chi connectivity index (χ1v) is 8.27. The maximum absolute atomic E-state index is 12.5. The summed E-state index contributed by atoms with van der Waals surface area (Å²) < 4.78 is 26.5. The topological polar surface area (TPSA) is 50.3 Å². The highest BCUT2D eigenvalue weighted by molar-refractivity contribution is 7.89. The summed E-state index contributed by atoms with van der Waals surface area (Å²) in [6, 6.07) is 3.36. The standard InChI is InChI=1S/C15H22N2O2S/c1-12-5-6-14(11-16-12)20(18,19)17-9-7-13(8-10-17)15(2,3)4/h5-7,11H,8-10H2,1-4H3. The van der Waals surface area contributed by atoms with Gasteiger partial charge >= 0.3 is 0 Å². The van der Waals surface area contributed by atoms with E-state index >= 15 is 0 Å². The molecule has 0 unspecified atom stereocenters. The van der Waals surface area contributed by atoms with Crippen molar-refractivity contribution in [3.05, 3.63) is 35.7 Å². The molecule has 0 spiro atoms. The lowest BCUT2D eigenvalue weighted by Gasteiger charge is -2.31. The van der Waals surface area contributed by atoms with Crippen LogP contribution in [0.4, 0.5) is 0 Å². The van der Waals surface area contributed by atoms with Crippen molar-refractivity contribution in [3.8, 4) is 0 Å². The Morgan fingerprint density at radius 2 is 1.95 bits per heavy atom. The molecule has 0 aromatic carbocycles. The molecule has 0 atom stereocenters. The number of pyridine rings is 1. The fraction of sp³-hybridized carbons (Fsp3) is 0.533. The average Bonchev–Trinajstić information content (AvgIpc) is 2.38. The third-order valence-electron chi connectivity index (χ3n) is 3.66. The fourth-order valence-electron chi connectivity index (χ4n) is 2.31. The Bertz CT molecular complexity index is 610. The number of aryl methyl sites for hydroxylation is 1. The number of hydrogen-bond donors (Lipinski definition) is 0. The predicted molar refractivity (Wildman–Crippen MR) is 79.9 cm³/mol. The highest BCUT2D eigenvalue weighted by Gasteiger charge is 2.29. The molecule has 20 heavy (non-hydrogen) atoms. The van der Waals surface area contributed by atoms with Gasteiger partial charge in [0.2, 0.25) is 10.0 Å². The molecule has 2 heterocycles. The van der Waals surface area contributed by atoms with Crippen LogP contribution in [0.1, 0.15) is 32.9 Å². The van der Waals surface area contributed by atoms with Gasteiger partial charge in [-0.25, -0.2) is 8.42 Å². The molecule has 0 saturated carbocycles. The molecule has 5 heteroatoms.